The van der Waals surface area contributed by atoms with Gasteiger partial charge in [-0.1, -0.05) is 23.2 Å². The van der Waals surface area contributed by atoms with Crippen molar-refractivity contribution in [2.24, 2.45) is 0 Å². The number of aromatic nitrogens is 1. The maximum Gasteiger partial charge on any atom is 0.152 e. The first-order valence-corrected chi connectivity index (χ1v) is 7.53. The lowest BCUT2D eigenvalue weighted by molar-refractivity contribution is 0.602. The second-order valence-electron chi connectivity index (χ2n) is 3.93. The number of hydrogen-bond acceptors (Lipinski definition) is 5. The van der Waals surface area contributed by atoms with Crippen molar-refractivity contribution in [3.8, 4) is 0 Å². The molecule has 5 nitrogen and oxygen atoms in total. The molecule has 0 aliphatic carbocycles. The van der Waals surface area contributed by atoms with Crippen LogP contribution in [-0.4, -0.2) is 30.9 Å². The van der Waals surface area contributed by atoms with Gasteiger partial charge in [0.05, 0.1) is 21.6 Å². The van der Waals surface area contributed by atoms with Crippen molar-refractivity contribution in [3.63, 3.8) is 0 Å². The number of hydrogen-bond donors (Lipinski definition) is 2. The van der Waals surface area contributed by atoms with Gasteiger partial charge >= 0.3 is 0 Å². The van der Waals surface area contributed by atoms with E-state index in [0.29, 0.717) is 17.3 Å². The average Bonchev–Trinajstić information content (AvgIpc) is 2.54. The van der Waals surface area contributed by atoms with Crippen molar-refractivity contribution < 1.29 is 8.42 Å². The smallest absolute Gasteiger partial charge is 0.152 e. The SMILES string of the molecule is Nc1nc(NC2CCS(=O)(=O)C2)c(Cl)cc1Cl. The number of halogens is 2. The van der Waals surface area contributed by atoms with Crippen molar-refractivity contribution in [2.45, 2.75) is 12.5 Å². The van der Waals surface area contributed by atoms with Crippen LogP contribution in [-0.2, 0) is 9.84 Å². The second kappa shape index (κ2) is 4.51. The average molecular weight is 296 g/mol. The molecule has 0 aromatic carbocycles. The molecule has 17 heavy (non-hydrogen) atoms. The van der Waals surface area contributed by atoms with Crippen molar-refractivity contribution in [1.29, 1.82) is 0 Å². The lowest BCUT2D eigenvalue weighted by Crippen LogP contribution is -2.21. The summed E-state index contributed by atoms with van der Waals surface area (Å²) in [6.45, 7) is 0. The zero-order valence-electron chi connectivity index (χ0n) is 8.78. The van der Waals surface area contributed by atoms with Gasteiger partial charge in [-0.3, -0.25) is 0 Å². The zero-order chi connectivity index (χ0) is 12.6. The van der Waals surface area contributed by atoms with Crippen LogP contribution in [0.2, 0.25) is 10.0 Å². The maximum absolute atomic E-state index is 11.3. The molecule has 0 spiro atoms. The number of pyridine rings is 1. The summed E-state index contributed by atoms with van der Waals surface area (Å²) in [6.07, 6.45) is 0.545. The highest BCUT2D eigenvalue weighted by molar-refractivity contribution is 7.91. The largest absolute Gasteiger partial charge is 0.382 e. The fraction of sp³-hybridized carbons (Fsp3) is 0.444. The van der Waals surface area contributed by atoms with Crippen molar-refractivity contribution in [1.82, 2.24) is 4.98 Å². The number of rotatable bonds is 2. The van der Waals surface area contributed by atoms with Gasteiger partial charge in [-0.05, 0) is 12.5 Å². The Hall–Kier alpha value is -0.720. The normalized spacial score (nSPS) is 22.6. The highest BCUT2D eigenvalue weighted by atomic mass is 35.5. The van der Waals surface area contributed by atoms with Gasteiger partial charge in [0.2, 0.25) is 0 Å². The van der Waals surface area contributed by atoms with Gasteiger partial charge in [0.15, 0.2) is 9.84 Å². The summed E-state index contributed by atoms with van der Waals surface area (Å²) in [4.78, 5) is 3.99. The van der Waals surface area contributed by atoms with E-state index in [1.807, 2.05) is 0 Å². The van der Waals surface area contributed by atoms with Crippen LogP contribution in [0.15, 0.2) is 6.07 Å². The molecule has 1 saturated heterocycles. The standard InChI is InChI=1S/C9H11Cl2N3O2S/c10-6-3-7(11)9(14-8(6)12)13-5-1-2-17(15,16)4-5/h3,5H,1-2,4H2,(H3,12,13,14). The molecule has 2 heterocycles. The Kier molecular flexibility index (Phi) is 3.38. The third kappa shape index (κ3) is 2.94. The monoisotopic (exact) mass is 295 g/mol. The Morgan fingerprint density at radius 1 is 1.41 bits per heavy atom. The maximum atomic E-state index is 11.3. The van der Waals surface area contributed by atoms with Gasteiger partial charge in [0.1, 0.15) is 11.6 Å². The minimum atomic E-state index is -2.94. The van der Waals surface area contributed by atoms with E-state index in [4.69, 9.17) is 28.9 Å². The van der Waals surface area contributed by atoms with Crippen molar-refractivity contribution in [3.05, 3.63) is 16.1 Å². The zero-order valence-corrected chi connectivity index (χ0v) is 11.1. The van der Waals surface area contributed by atoms with E-state index in [2.05, 4.69) is 10.3 Å². The van der Waals surface area contributed by atoms with Gasteiger partial charge in [-0.25, -0.2) is 13.4 Å². The molecule has 0 saturated carbocycles. The minimum Gasteiger partial charge on any atom is -0.382 e. The Morgan fingerprint density at radius 3 is 2.71 bits per heavy atom. The molecular weight excluding hydrogens is 285 g/mol. The molecule has 0 amide bonds. The summed E-state index contributed by atoms with van der Waals surface area (Å²) in [6, 6.07) is 1.31. The third-order valence-electron chi connectivity index (χ3n) is 2.53. The molecule has 1 aliphatic rings. The molecule has 0 bridgehead atoms. The molecule has 1 aliphatic heterocycles. The Morgan fingerprint density at radius 2 is 2.12 bits per heavy atom. The van der Waals surface area contributed by atoms with Crippen LogP contribution in [0.1, 0.15) is 6.42 Å². The predicted molar refractivity (Wildman–Crippen MR) is 69.4 cm³/mol. The molecule has 3 N–H and O–H groups in total. The van der Waals surface area contributed by atoms with Crippen LogP contribution >= 0.6 is 23.2 Å². The van der Waals surface area contributed by atoms with Crippen LogP contribution in [0.5, 0.6) is 0 Å². The number of sulfone groups is 1. The topological polar surface area (TPSA) is 85.1 Å². The summed E-state index contributed by atoms with van der Waals surface area (Å²) in [5.74, 6) is 0.814. The first kappa shape index (κ1) is 12.7. The Labute approximate surface area is 109 Å². The third-order valence-corrected chi connectivity index (χ3v) is 4.89. The molecule has 1 aromatic heterocycles. The van der Waals surface area contributed by atoms with Crippen LogP contribution in [0.25, 0.3) is 0 Å². The van der Waals surface area contributed by atoms with E-state index < -0.39 is 9.84 Å². The van der Waals surface area contributed by atoms with Gasteiger partial charge in [0, 0.05) is 6.04 Å². The summed E-state index contributed by atoms with van der Waals surface area (Å²) in [7, 11) is -2.94. The second-order valence-corrected chi connectivity index (χ2v) is 6.97. The van der Waals surface area contributed by atoms with Crippen molar-refractivity contribution >= 4 is 44.7 Å². The molecule has 1 unspecified atom stereocenters. The Bertz CT molecular complexity index is 547. The highest BCUT2D eigenvalue weighted by Gasteiger charge is 2.28. The van der Waals surface area contributed by atoms with E-state index in [1.54, 1.807) is 0 Å². The fourth-order valence-corrected chi connectivity index (χ4v) is 3.77. The molecule has 1 fully saturated rings. The van der Waals surface area contributed by atoms with Gasteiger partial charge in [-0.2, -0.15) is 0 Å². The molecule has 2 rings (SSSR count). The van der Waals surface area contributed by atoms with Crippen LogP contribution < -0.4 is 11.1 Å². The summed E-state index contributed by atoms with van der Waals surface area (Å²) in [5.41, 5.74) is 5.56. The number of anilines is 2. The summed E-state index contributed by atoms with van der Waals surface area (Å²) in [5, 5.41) is 3.58. The predicted octanol–water partition coefficient (Wildman–Crippen LogP) is 1.57. The number of nitrogens with zero attached hydrogens (tertiary/aromatic N) is 1. The van der Waals surface area contributed by atoms with Crippen LogP contribution in [0.4, 0.5) is 11.6 Å². The lowest BCUT2D eigenvalue weighted by Gasteiger charge is -2.13. The van der Waals surface area contributed by atoms with E-state index in [0.717, 1.165) is 0 Å². The summed E-state index contributed by atoms with van der Waals surface area (Å²) < 4.78 is 22.6. The molecule has 0 radical (unpaired) electrons. The minimum absolute atomic E-state index is 0.0908. The van der Waals surface area contributed by atoms with E-state index >= 15 is 0 Å². The quantitative estimate of drug-likeness (QED) is 0.865. The highest BCUT2D eigenvalue weighted by Crippen LogP contribution is 2.28. The lowest BCUT2D eigenvalue weighted by atomic mass is 10.2. The van der Waals surface area contributed by atoms with Gasteiger partial charge < -0.3 is 11.1 Å². The molecule has 94 valence electrons. The van der Waals surface area contributed by atoms with E-state index in [1.165, 1.54) is 6.07 Å². The first-order chi connectivity index (χ1) is 7.87. The van der Waals surface area contributed by atoms with Crippen LogP contribution in [0.3, 0.4) is 0 Å². The molecule has 1 aromatic rings. The first-order valence-electron chi connectivity index (χ1n) is 4.96. The Balaban J connectivity index is 2.17. The fourth-order valence-electron chi connectivity index (χ4n) is 1.68. The van der Waals surface area contributed by atoms with Crippen molar-refractivity contribution in [2.75, 3.05) is 22.6 Å². The van der Waals surface area contributed by atoms with E-state index in [9.17, 15) is 8.42 Å². The van der Waals surface area contributed by atoms with Crippen LogP contribution in [0, 0.1) is 0 Å². The number of nitrogen functional groups attached to an aromatic ring is 1. The van der Waals surface area contributed by atoms with Gasteiger partial charge in [0.25, 0.3) is 0 Å². The molecule has 1 atom stereocenters. The number of nitrogens with two attached hydrogens (primary N) is 1. The molecular formula is C9H11Cl2N3O2S. The van der Waals surface area contributed by atoms with Gasteiger partial charge in [-0.15, -0.1) is 0 Å². The summed E-state index contributed by atoms with van der Waals surface area (Å²) >= 11 is 11.7. The number of nitrogens with one attached hydrogen (secondary N) is 1. The van der Waals surface area contributed by atoms with E-state index in [-0.39, 0.29) is 28.4 Å². The molecule has 8 heteroatoms.